The fourth-order valence-corrected chi connectivity index (χ4v) is 3.68. The maximum Gasteiger partial charge on any atom is 0.324 e. The van der Waals surface area contributed by atoms with Crippen molar-refractivity contribution in [2.75, 3.05) is 11.0 Å². The van der Waals surface area contributed by atoms with Crippen LogP contribution in [0, 0.1) is 10.1 Å². The van der Waals surface area contributed by atoms with Gasteiger partial charge in [0, 0.05) is 10.5 Å². The fraction of sp³-hybridized carbons (Fsp3) is 0.417. The SMILES string of the molecule is CCOC(=O)[C@H](CCI)NS(=O)(=O)c1ccccc1[N+](=O)[O-]. The topological polar surface area (TPSA) is 116 Å². The maximum atomic E-state index is 12.3. The summed E-state index contributed by atoms with van der Waals surface area (Å²) in [6.07, 6.45) is 0.221. The van der Waals surface area contributed by atoms with E-state index >= 15 is 0 Å². The number of rotatable bonds is 8. The van der Waals surface area contributed by atoms with E-state index in [2.05, 4.69) is 4.72 Å². The second-order valence-corrected chi connectivity index (χ2v) is 6.89. The van der Waals surface area contributed by atoms with E-state index in [0.29, 0.717) is 4.43 Å². The number of benzene rings is 1. The van der Waals surface area contributed by atoms with E-state index in [-0.39, 0.29) is 13.0 Å². The minimum atomic E-state index is -4.22. The lowest BCUT2D eigenvalue weighted by atomic mass is 10.2. The third kappa shape index (κ3) is 4.88. The van der Waals surface area contributed by atoms with Gasteiger partial charge in [0.15, 0.2) is 4.90 Å². The van der Waals surface area contributed by atoms with Gasteiger partial charge in [0.2, 0.25) is 10.0 Å². The summed E-state index contributed by atoms with van der Waals surface area (Å²) in [6.45, 7) is 1.72. The Morgan fingerprint density at radius 2 is 2.09 bits per heavy atom. The van der Waals surface area contributed by atoms with Gasteiger partial charge in [0.25, 0.3) is 5.69 Å². The molecule has 0 unspecified atom stereocenters. The number of nitrogens with one attached hydrogen (secondary N) is 1. The lowest BCUT2D eigenvalue weighted by Gasteiger charge is -2.16. The summed E-state index contributed by atoms with van der Waals surface area (Å²) in [4.78, 5) is 21.4. The molecule has 122 valence electrons. The summed E-state index contributed by atoms with van der Waals surface area (Å²) in [7, 11) is -4.22. The summed E-state index contributed by atoms with van der Waals surface area (Å²) in [5, 5.41) is 10.9. The number of nitro groups is 1. The largest absolute Gasteiger partial charge is 0.465 e. The fourth-order valence-electron chi connectivity index (χ4n) is 1.66. The van der Waals surface area contributed by atoms with Crippen molar-refractivity contribution in [2.24, 2.45) is 0 Å². The maximum absolute atomic E-state index is 12.3. The van der Waals surface area contributed by atoms with Crippen LogP contribution < -0.4 is 4.72 Å². The number of para-hydroxylation sites is 1. The highest BCUT2D eigenvalue weighted by molar-refractivity contribution is 14.1. The first-order valence-corrected chi connectivity index (χ1v) is 9.32. The van der Waals surface area contributed by atoms with Gasteiger partial charge in [-0.25, -0.2) is 8.42 Å². The summed E-state index contributed by atoms with van der Waals surface area (Å²) >= 11 is 2.00. The minimum absolute atomic E-state index is 0.115. The normalized spacial score (nSPS) is 12.6. The van der Waals surface area contributed by atoms with Crippen molar-refractivity contribution in [1.82, 2.24) is 4.72 Å². The molecule has 0 saturated heterocycles. The van der Waals surface area contributed by atoms with Gasteiger partial charge in [-0.2, -0.15) is 4.72 Å². The number of nitrogens with zero attached hydrogens (tertiary/aromatic N) is 1. The zero-order valence-corrected chi connectivity index (χ0v) is 14.7. The first-order valence-electron chi connectivity index (χ1n) is 6.31. The molecule has 1 aromatic rings. The van der Waals surface area contributed by atoms with Crippen LogP contribution in [0.3, 0.4) is 0 Å². The zero-order valence-electron chi connectivity index (χ0n) is 11.7. The summed E-state index contributed by atoms with van der Waals surface area (Å²) in [5.74, 6) is -0.707. The number of alkyl halides is 1. The number of nitro benzene ring substituents is 1. The van der Waals surface area contributed by atoms with E-state index in [1.807, 2.05) is 22.6 Å². The molecule has 0 aromatic heterocycles. The van der Waals surface area contributed by atoms with Crippen molar-refractivity contribution in [3.8, 4) is 0 Å². The molecule has 0 saturated carbocycles. The molecule has 0 amide bonds. The number of hydrogen-bond donors (Lipinski definition) is 1. The van der Waals surface area contributed by atoms with E-state index in [4.69, 9.17) is 4.74 Å². The van der Waals surface area contributed by atoms with Crippen LogP contribution in [-0.4, -0.2) is 36.4 Å². The quantitative estimate of drug-likeness (QED) is 0.215. The van der Waals surface area contributed by atoms with Gasteiger partial charge in [-0.1, -0.05) is 34.7 Å². The van der Waals surface area contributed by atoms with E-state index in [9.17, 15) is 23.3 Å². The highest BCUT2D eigenvalue weighted by Crippen LogP contribution is 2.23. The molecule has 0 aliphatic heterocycles. The number of halogens is 1. The molecule has 0 aliphatic carbocycles. The van der Waals surface area contributed by atoms with Gasteiger partial charge in [-0.05, 0) is 19.4 Å². The van der Waals surface area contributed by atoms with Crippen LogP contribution in [-0.2, 0) is 19.6 Å². The average Bonchev–Trinajstić information content (AvgIpc) is 2.47. The summed E-state index contributed by atoms with van der Waals surface area (Å²) < 4.78 is 32.2. The van der Waals surface area contributed by atoms with Crippen molar-refractivity contribution in [1.29, 1.82) is 0 Å². The number of esters is 1. The van der Waals surface area contributed by atoms with Gasteiger partial charge >= 0.3 is 5.97 Å². The summed E-state index contributed by atoms with van der Waals surface area (Å²) in [5.41, 5.74) is -0.549. The van der Waals surface area contributed by atoms with Crippen LogP contribution in [0.5, 0.6) is 0 Å². The Hall–Kier alpha value is -1.27. The van der Waals surface area contributed by atoms with Crippen LogP contribution >= 0.6 is 22.6 Å². The Labute approximate surface area is 141 Å². The van der Waals surface area contributed by atoms with E-state index < -0.39 is 37.5 Å². The average molecular weight is 442 g/mol. The lowest BCUT2D eigenvalue weighted by molar-refractivity contribution is -0.387. The predicted octanol–water partition coefficient (Wildman–Crippen LogP) is 1.63. The van der Waals surface area contributed by atoms with E-state index in [0.717, 1.165) is 12.1 Å². The predicted molar refractivity (Wildman–Crippen MR) is 87.3 cm³/mol. The molecule has 1 rings (SSSR count). The minimum Gasteiger partial charge on any atom is -0.465 e. The Balaban J connectivity index is 3.13. The molecule has 1 aromatic carbocycles. The number of carbonyl (C=O) groups excluding carboxylic acids is 1. The summed E-state index contributed by atoms with van der Waals surface area (Å²) in [6, 6.07) is 3.87. The van der Waals surface area contributed by atoms with Crippen molar-refractivity contribution >= 4 is 44.3 Å². The highest BCUT2D eigenvalue weighted by atomic mass is 127. The van der Waals surface area contributed by atoms with Gasteiger partial charge in [-0.15, -0.1) is 0 Å². The van der Waals surface area contributed by atoms with Crippen molar-refractivity contribution < 1.29 is 22.9 Å². The molecule has 0 fully saturated rings. The third-order valence-electron chi connectivity index (χ3n) is 2.62. The van der Waals surface area contributed by atoms with Crippen LogP contribution in [0.1, 0.15) is 13.3 Å². The third-order valence-corrected chi connectivity index (χ3v) is 4.76. The van der Waals surface area contributed by atoms with Crippen LogP contribution in [0.25, 0.3) is 0 Å². The molecule has 0 heterocycles. The molecule has 10 heteroatoms. The van der Waals surface area contributed by atoms with Crippen molar-refractivity contribution in [3.63, 3.8) is 0 Å². The van der Waals surface area contributed by atoms with E-state index in [1.165, 1.54) is 12.1 Å². The number of carbonyl (C=O) groups is 1. The molecular weight excluding hydrogens is 427 g/mol. The smallest absolute Gasteiger partial charge is 0.324 e. The lowest BCUT2D eigenvalue weighted by Crippen LogP contribution is -2.42. The first-order chi connectivity index (χ1) is 10.3. The molecule has 1 atom stereocenters. The molecular formula is C12H15IN2O6S. The monoisotopic (exact) mass is 442 g/mol. The Bertz CT molecular complexity index is 649. The first kappa shape index (κ1) is 18.8. The Morgan fingerprint density at radius 3 is 2.64 bits per heavy atom. The molecule has 0 radical (unpaired) electrons. The van der Waals surface area contributed by atoms with Crippen LogP contribution in [0.4, 0.5) is 5.69 Å². The highest BCUT2D eigenvalue weighted by Gasteiger charge is 2.30. The van der Waals surface area contributed by atoms with E-state index in [1.54, 1.807) is 6.92 Å². The molecule has 0 bridgehead atoms. The van der Waals surface area contributed by atoms with Crippen molar-refractivity contribution in [3.05, 3.63) is 34.4 Å². The Morgan fingerprint density at radius 1 is 1.45 bits per heavy atom. The van der Waals surface area contributed by atoms with Crippen LogP contribution in [0.15, 0.2) is 29.2 Å². The number of ether oxygens (including phenoxy) is 1. The van der Waals surface area contributed by atoms with Gasteiger partial charge in [-0.3, -0.25) is 14.9 Å². The molecule has 1 N–H and O–H groups in total. The second-order valence-electron chi connectivity index (χ2n) is 4.13. The van der Waals surface area contributed by atoms with Crippen LogP contribution in [0.2, 0.25) is 0 Å². The van der Waals surface area contributed by atoms with Gasteiger partial charge in [0.1, 0.15) is 6.04 Å². The molecule has 22 heavy (non-hydrogen) atoms. The number of hydrogen-bond acceptors (Lipinski definition) is 6. The molecule has 8 nitrogen and oxygen atoms in total. The molecule has 0 aliphatic rings. The standard InChI is InChI=1S/C12H15IN2O6S/c1-2-21-12(16)9(7-8-13)14-22(19,20)11-6-4-3-5-10(11)15(17)18/h3-6,9,14H,2,7-8H2,1H3/t9-/m0/s1. The van der Waals surface area contributed by atoms with Crippen molar-refractivity contribution in [2.45, 2.75) is 24.3 Å². The number of sulfonamides is 1. The van der Waals surface area contributed by atoms with Gasteiger partial charge in [0.05, 0.1) is 11.5 Å². The zero-order chi connectivity index (χ0) is 16.8. The molecule has 0 spiro atoms. The van der Waals surface area contributed by atoms with Gasteiger partial charge < -0.3 is 4.74 Å². The second kappa shape index (κ2) is 8.39. The Kier molecular flexibility index (Phi) is 7.16.